The standard InChI is InChI=1S/C18H30N2O4.C6H12/c1-4-11-20(12-6-5-10-19-18(21)22)13-9-15-7-8-16(23-2)17(14-15)24-3;1-2-4-6-5-3-1/h7-8,14,19H,4-6,9-13H2,1-3H3,(H,21,22);1-6H2. The van der Waals surface area contributed by atoms with Crippen LogP contribution in [0.3, 0.4) is 0 Å². The Bertz CT molecular complexity index is 565. The second-order valence-electron chi connectivity index (χ2n) is 7.84. The largest absolute Gasteiger partial charge is 0.493 e. The van der Waals surface area contributed by atoms with E-state index in [0.717, 1.165) is 56.8 Å². The lowest BCUT2D eigenvalue weighted by molar-refractivity contribution is 0.194. The van der Waals surface area contributed by atoms with Gasteiger partial charge in [-0.1, -0.05) is 51.5 Å². The summed E-state index contributed by atoms with van der Waals surface area (Å²) in [5.74, 6) is 1.51. The first-order valence-electron chi connectivity index (χ1n) is 11.5. The number of carbonyl (C=O) groups is 1. The number of ether oxygens (including phenoxy) is 2. The normalized spacial score (nSPS) is 13.3. The summed E-state index contributed by atoms with van der Waals surface area (Å²) in [6, 6.07) is 6.04. The zero-order valence-electron chi connectivity index (χ0n) is 19.3. The quantitative estimate of drug-likeness (QED) is 0.445. The molecule has 0 radical (unpaired) electrons. The van der Waals surface area contributed by atoms with Crippen molar-refractivity contribution in [3.8, 4) is 11.5 Å². The van der Waals surface area contributed by atoms with Crippen LogP contribution in [0, 0.1) is 0 Å². The molecule has 1 aliphatic rings. The third-order valence-electron chi connectivity index (χ3n) is 5.38. The molecule has 1 saturated carbocycles. The lowest BCUT2D eigenvalue weighted by Gasteiger charge is -2.22. The Balaban J connectivity index is 0.000000637. The van der Waals surface area contributed by atoms with Crippen molar-refractivity contribution in [1.82, 2.24) is 10.2 Å². The summed E-state index contributed by atoms with van der Waals surface area (Å²) in [7, 11) is 3.29. The van der Waals surface area contributed by atoms with Gasteiger partial charge < -0.3 is 24.8 Å². The maximum Gasteiger partial charge on any atom is 0.404 e. The number of benzene rings is 1. The fourth-order valence-corrected chi connectivity index (χ4v) is 3.69. The number of nitrogens with one attached hydrogen (secondary N) is 1. The maximum absolute atomic E-state index is 10.4. The molecule has 0 unspecified atom stereocenters. The van der Waals surface area contributed by atoms with Crippen molar-refractivity contribution in [3.05, 3.63) is 23.8 Å². The number of hydrogen-bond donors (Lipinski definition) is 2. The Labute approximate surface area is 182 Å². The molecule has 2 rings (SSSR count). The Morgan fingerprint density at radius 2 is 1.60 bits per heavy atom. The van der Waals surface area contributed by atoms with Crippen LogP contribution in [0.1, 0.15) is 70.3 Å². The number of amides is 1. The van der Waals surface area contributed by atoms with Gasteiger partial charge in [0.05, 0.1) is 14.2 Å². The third kappa shape index (κ3) is 11.9. The highest BCUT2D eigenvalue weighted by molar-refractivity contribution is 5.64. The maximum atomic E-state index is 10.4. The van der Waals surface area contributed by atoms with Crippen LogP contribution in [-0.4, -0.2) is 56.5 Å². The Morgan fingerprint density at radius 1 is 0.967 bits per heavy atom. The number of unbranched alkanes of at least 4 members (excludes halogenated alkanes) is 1. The van der Waals surface area contributed by atoms with Crippen molar-refractivity contribution in [3.63, 3.8) is 0 Å². The second kappa shape index (κ2) is 16.8. The van der Waals surface area contributed by atoms with Gasteiger partial charge in [0.1, 0.15) is 0 Å². The molecule has 0 atom stereocenters. The van der Waals surface area contributed by atoms with Crippen molar-refractivity contribution in [2.45, 2.75) is 71.1 Å². The van der Waals surface area contributed by atoms with E-state index < -0.39 is 6.09 Å². The smallest absolute Gasteiger partial charge is 0.404 e. The van der Waals surface area contributed by atoms with Crippen molar-refractivity contribution < 1.29 is 19.4 Å². The summed E-state index contributed by atoms with van der Waals surface area (Å²) in [6.45, 7) is 5.72. The fourth-order valence-electron chi connectivity index (χ4n) is 3.69. The molecule has 6 heteroatoms. The van der Waals surface area contributed by atoms with E-state index in [-0.39, 0.29) is 0 Å². The zero-order chi connectivity index (χ0) is 22.0. The molecule has 1 aliphatic carbocycles. The zero-order valence-corrected chi connectivity index (χ0v) is 19.3. The number of rotatable bonds is 12. The van der Waals surface area contributed by atoms with Gasteiger partial charge in [-0.05, 0) is 56.5 Å². The Kier molecular flexibility index (Phi) is 14.6. The summed E-state index contributed by atoms with van der Waals surface area (Å²) in [4.78, 5) is 12.8. The minimum Gasteiger partial charge on any atom is -0.493 e. The molecule has 1 aromatic rings. The topological polar surface area (TPSA) is 71.0 Å². The minimum atomic E-state index is -0.950. The van der Waals surface area contributed by atoms with Crippen LogP contribution in [0.15, 0.2) is 18.2 Å². The van der Waals surface area contributed by atoms with E-state index >= 15 is 0 Å². The van der Waals surface area contributed by atoms with E-state index in [1.165, 1.54) is 44.1 Å². The molecule has 1 amide bonds. The van der Waals surface area contributed by atoms with E-state index in [2.05, 4.69) is 23.2 Å². The third-order valence-corrected chi connectivity index (χ3v) is 5.38. The molecule has 0 spiro atoms. The highest BCUT2D eigenvalue weighted by atomic mass is 16.5. The molecule has 1 aromatic carbocycles. The monoisotopic (exact) mass is 422 g/mol. The molecule has 0 heterocycles. The fraction of sp³-hybridized carbons (Fsp3) is 0.708. The van der Waals surface area contributed by atoms with Gasteiger partial charge in [0.2, 0.25) is 0 Å². The van der Waals surface area contributed by atoms with E-state index in [4.69, 9.17) is 14.6 Å². The van der Waals surface area contributed by atoms with Crippen molar-refractivity contribution in [2.24, 2.45) is 0 Å². The average molecular weight is 423 g/mol. The summed E-state index contributed by atoms with van der Waals surface area (Å²) in [5.41, 5.74) is 1.22. The second-order valence-corrected chi connectivity index (χ2v) is 7.84. The van der Waals surface area contributed by atoms with Gasteiger partial charge in [-0.15, -0.1) is 0 Å². The summed E-state index contributed by atoms with van der Waals surface area (Å²) in [6.07, 6.45) is 12.0. The first-order valence-corrected chi connectivity index (χ1v) is 11.5. The van der Waals surface area contributed by atoms with Gasteiger partial charge in [-0.2, -0.15) is 0 Å². The molecule has 0 aromatic heterocycles. The van der Waals surface area contributed by atoms with Gasteiger partial charge in [0.25, 0.3) is 0 Å². The molecule has 0 saturated heterocycles. The molecule has 0 aliphatic heterocycles. The first-order chi connectivity index (χ1) is 14.6. The number of nitrogens with zero attached hydrogens (tertiary/aromatic N) is 1. The number of methoxy groups -OCH3 is 2. The van der Waals surface area contributed by atoms with E-state index in [9.17, 15) is 4.79 Å². The lowest BCUT2D eigenvalue weighted by Crippen LogP contribution is -2.29. The Morgan fingerprint density at radius 3 is 2.13 bits per heavy atom. The SMILES string of the molecule is C1CCCCC1.CCCN(CCCCNC(=O)O)CCc1ccc(OC)c(OC)c1. The van der Waals surface area contributed by atoms with Gasteiger partial charge >= 0.3 is 6.09 Å². The molecule has 2 N–H and O–H groups in total. The summed E-state index contributed by atoms with van der Waals surface area (Å²) < 4.78 is 10.6. The van der Waals surface area contributed by atoms with Crippen LogP contribution in [0.2, 0.25) is 0 Å². The number of hydrogen-bond acceptors (Lipinski definition) is 4. The minimum absolute atomic E-state index is 0.519. The molecular weight excluding hydrogens is 380 g/mol. The Hall–Kier alpha value is -1.95. The van der Waals surface area contributed by atoms with Crippen molar-refractivity contribution >= 4 is 6.09 Å². The van der Waals surface area contributed by atoms with Crippen LogP contribution in [0.4, 0.5) is 4.79 Å². The van der Waals surface area contributed by atoms with Gasteiger partial charge in [0.15, 0.2) is 11.5 Å². The molecule has 172 valence electrons. The molecule has 1 fully saturated rings. The highest BCUT2D eigenvalue weighted by Crippen LogP contribution is 2.27. The van der Waals surface area contributed by atoms with E-state index in [0.29, 0.717) is 6.54 Å². The molecule has 0 bridgehead atoms. The molecular formula is C24H42N2O4. The van der Waals surface area contributed by atoms with Gasteiger partial charge in [-0.3, -0.25) is 0 Å². The van der Waals surface area contributed by atoms with Gasteiger partial charge in [-0.25, -0.2) is 4.79 Å². The first kappa shape index (κ1) is 26.1. The highest BCUT2D eigenvalue weighted by Gasteiger charge is 2.08. The van der Waals surface area contributed by atoms with Crippen LogP contribution < -0.4 is 14.8 Å². The predicted molar refractivity (Wildman–Crippen MR) is 123 cm³/mol. The van der Waals surface area contributed by atoms with Crippen LogP contribution in [0.5, 0.6) is 11.5 Å². The predicted octanol–water partition coefficient (Wildman–Crippen LogP) is 5.35. The molecule has 6 nitrogen and oxygen atoms in total. The van der Waals surface area contributed by atoms with Crippen molar-refractivity contribution in [1.29, 1.82) is 0 Å². The van der Waals surface area contributed by atoms with E-state index in [1.54, 1.807) is 14.2 Å². The summed E-state index contributed by atoms with van der Waals surface area (Å²) in [5, 5.41) is 11.0. The average Bonchev–Trinajstić information content (AvgIpc) is 2.78. The molecule has 30 heavy (non-hydrogen) atoms. The van der Waals surface area contributed by atoms with Crippen LogP contribution in [-0.2, 0) is 6.42 Å². The number of carboxylic acid groups (broad SMARTS) is 1. The summed E-state index contributed by atoms with van der Waals surface area (Å²) >= 11 is 0. The van der Waals surface area contributed by atoms with E-state index in [1.807, 2.05) is 12.1 Å². The van der Waals surface area contributed by atoms with Crippen LogP contribution in [0.25, 0.3) is 0 Å². The lowest BCUT2D eigenvalue weighted by atomic mass is 10.0. The van der Waals surface area contributed by atoms with Crippen LogP contribution >= 0.6 is 0 Å². The van der Waals surface area contributed by atoms with Crippen molar-refractivity contribution in [2.75, 3.05) is 40.4 Å². The van der Waals surface area contributed by atoms with Gasteiger partial charge in [0, 0.05) is 13.1 Å².